The fraction of sp³-hybridized carbons (Fsp3) is 0.400. The average Bonchev–Trinajstić information content (AvgIpc) is 2.17. The first kappa shape index (κ1) is 13.4. The Morgan fingerprint density at radius 3 is 2.69 bits per heavy atom. The van der Waals surface area contributed by atoms with Gasteiger partial charge >= 0.3 is 0 Å². The van der Waals surface area contributed by atoms with Gasteiger partial charge < -0.3 is 10.8 Å². The highest BCUT2D eigenvalue weighted by Crippen LogP contribution is 2.17. The Labute approximate surface area is 100.0 Å². The van der Waals surface area contributed by atoms with Crippen LogP contribution in [-0.2, 0) is 9.84 Å². The van der Waals surface area contributed by atoms with Crippen LogP contribution < -0.4 is 5.73 Å². The van der Waals surface area contributed by atoms with Gasteiger partial charge in [-0.1, -0.05) is 17.7 Å². The molecule has 0 aliphatic rings. The number of hydrogen-bond donors (Lipinski definition) is 2. The molecule has 0 bridgehead atoms. The zero-order chi connectivity index (χ0) is 12.2. The number of benzene rings is 1. The van der Waals surface area contributed by atoms with Gasteiger partial charge in [-0.3, -0.25) is 0 Å². The molecule has 3 N–H and O–H groups in total. The molecular weight excluding hydrogens is 250 g/mol. The van der Waals surface area contributed by atoms with Crippen LogP contribution in [0.3, 0.4) is 0 Å². The van der Waals surface area contributed by atoms with E-state index in [4.69, 9.17) is 22.4 Å². The first-order valence-corrected chi connectivity index (χ1v) is 6.83. The SMILES string of the molecule is NC(CCO)CS(=O)(=O)c1cccc(Cl)c1. The molecule has 90 valence electrons. The highest BCUT2D eigenvalue weighted by Gasteiger charge is 2.18. The van der Waals surface area contributed by atoms with E-state index in [1.165, 1.54) is 12.1 Å². The first-order valence-electron chi connectivity index (χ1n) is 4.80. The lowest BCUT2D eigenvalue weighted by Gasteiger charge is -2.10. The molecular formula is C10H14ClNO3S. The maximum absolute atomic E-state index is 11.8. The van der Waals surface area contributed by atoms with Crippen molar-refractivity contribution >= 4 is 21.4 Å². The van der Waals surface area contributed by atoms with Gasteiger partial charge in [-0.15, -0.1) is 0 Å². The maximum atomic E-state index is 11.8. The van der Waals surface area contributed by atoms with E-state index in [0.29, 0.717) is 5.02 Å². The van der Waals surface area contributed by atoms with Crippen LogP contribution in [0.25, 0.3) is 0 Å². The summed E-state index contributed by atoms with van der Waals surface area (Å²) in [7, 11) is -3.42. The molecule has 1 aromatic carbocycles. The van der Waals surface area contributed by atoms with Gasteiger partial charge in [0.05, 0.1) is 10.6 Å². The summed E-state index contributed by atoms with van der Waals surface area (Å²) in [6.45, 7) is -0.119. The van der Waals surface area contributed by atoms with Crippen LogP contribution in [0.15, 0.2) is 29.2 Å². The van der Waals surface area contributed by atoms with Gasteiger partial charge in [-0.2, -0.15) is 0 Å². The number of nitrogens with two attached hydrogens (primary N) is 1. The lowest BCUT2D eigenvalue weighted by molar-refractivity contribution is 0.279. The molecule has 0 radical (unpaired) electrons. The molecule has 0 aliphatic carbocycles. The van der Waals surface area contributed by atoms with E-state index in [2.05, 4.69) is 0 Å². The summed E-state index contributed by atoms with van der Waals surface area (Å²) in [5, 5.41) is 9.02. The van der Waals surface area contributed by atoms with Gasteiger partial charge in [0, 0.05) is 17.7 Å². The molecule has 0 saturated heterocycles. The lowest BCUT2D eigenvalue weighted by Crippen LogP contribution is -2.30. The number of hydrogen-bond acceptors (Lipinski definition) is 4. The Balaban J connectivity index is 2.86. The van der Waals surface area contributed by atoms with Gasteiger partial charge in [-0.05, 0) is 24.6 Å². The summed E-state index contributed by atoms with van der Waals surface area (Å²) in [6.07, 6.45) is 0.264. The molecule has 0 amide bonds. The molecule has 0 heterocycles. The zero-order valence-electron chi connectivity index (χ0n) is 8.64. The Hall–Kier alpha value is -0.620. The third-order valence-corrected chi connectivity index (χ3v) is 4.16. The molecule has 16 heavy (non-hydrogen) atoms. The average molecular weight is 264 g/mol. The summed E-state index contributed by atoms with van der Waals surface area (Å²) in [6, 6.07) is 5.49. The molecule has 1 atom stereocenters. The largest absolute Gasteiger partial charge is 0.396 e. The van der Waals surface area contributed by atoms with Crippen molar-refractivity contribution in [3.05, 3.63) is 29.3 Å². The van der Waals surface area contributed by atoms with Crippen molar-refractivity contribution in [2.45, 2.75) is 17.4 Å². The zero-order valence-corrected chi connectivity index (χ0v) is 10.2. The maximum Gasteiger partial charge on any atom is 0.179 e. The lowest BCUT2D eigenvalue weighted by atomic mass is 10.3. The van der Waals surface area contributed by atoms with Crippen molar-refractivity contribution in [3.63, 3.8) is 0 Å². The predicted octanol–water partition coefficient (Wildman–Crippen LogP) is 0.823. The Kier molecular flexibility index (Phi) is 4.73. The van der Waals surface area contributed by atoms with Crippen molar-refractivity contribution in [1.29, 1.82) is 0 Å². The highest BCUT2D eigenvalue weighted by molar-refractivity contribution is 7.91. The quantitative estimate of drug-likeness (QED) is 0.824. The highest BCUT2D eigenvalue weighted by atomic mass is 35.5. The Morgan fingerprint density at radius 2 is 2.12 bits per heavy atom. The number of aliphatic hydroxyl groups is 1. The second kappa shape index (κ2) is 5.63. The second-order valence-corrected chi connectivity index (χ2v) is 5.98. The molecule has 0 aliphatic heterocycles. The van der Waals surface area contributed by atoms with E-state index in [1.54, 1.807) is 12.1 Å². The van der Waals surface area contributed by atoms with Gasteiger partial charge in [0.1, 0.15) is 0 Å². The fourth-order valence-corrected chi connectivity index (χ4v) is 3.06. The van der Waals surface area contributed by atoms with Gasteiger partial charge in [0.2, 0.25) is 0 Å². The monoisotopic (exact) mass is 263 g/mol. The van der Waals surface area contributed by atoms with Crippen LogP contribution in [0.4, 0.5) is 0 Å². The molecule has 1 unspecified atom stereocenters. The minimum Gasteiger partial charge on any atom is -0.396 e. The fourth-order valence-electron chi connectivity index (χ4n) is 1.29. The van der Waals surface area contributed by atoms with Crippen molar-refractivity contribution in [1.82, 2.24) is 0 Å². The van der Waals surface area contributed by atoms with E-state index in [9.17, 15) is 8.42 Å². The normalized spacial score (nSPS) is 13.7. The number of halogens is 1. The summed E-state index contributed by atoms with van der Waals surface area (Å²) in [5.74, 6) is -0.187. The number of rotatable bonds is 5. The number of sulfone groups is 1. The van der Waals surface area contributed by atoms with Gasteiger partial charge in [0.25, 0.3) is 0 Å². The third-order valence-electron chi connectivity index (χ3n) is 2.09. The molecule has 0 spiro atoms. The molecule has 0 saturated carbocycles. The summed E-state index contributed by atoms with van der Waals surface area (Å²) >= 11 is 5.71. The standard InChI is InChI=1S/C10H14ClNO3S/c11-8-2-1-3-10(6-8)16(14,15)7-9(12)4-5-13/h1-3,6,9,13H,4-5,7,12H2. The third kappa shape index (κ3) is 3.75. The smallest absolute Gasteiger partial charge is 0.179 e. The second-order valence-electron chi connectivity index (χ2n) is 3.51. The Morgan fingerprint density at radius 1 is 1.44 bits per heavy atom. The van der Waals surface area contributed by atoms with Crippen LogP contribution in [0.1, 0.15) is 6.42 Å². The van der Waals surface area contributed by atoms with E-state index >= 15 is 0 Å². The molecule has 1 aromatic rings. The van der Waals surface area contributed by atoms with Crippen LogP contribution in [0.5, 0.6) is 0 Å². The summed E-state index contributed by atoms with van der Waals surface area (Å²) in [4.78, 5) is 0.161. The minimum absolute atomic E-state index is 0.119. The van der Waals surface area contributed by atoms with Crippen LogP contribution in [0.2, 0.25) is 5.02 Å². The van der Waals surface area contributed by atoms with E-state index in [1.807, 2.05) is 0 Å². The predicted molar refractivity (Wildman–Crippen MR) is 63.2 cm³/mol. The molecule has 6 heteroatoms. The van der Waals surface area contributed by atoms with Crippen LogP contribution in [0, 0.1) is 0 Å². The molecule has 1 rings (SSSR count). The van der Waals surface area contributed by atoms with Crippen molar-refractivity contribution in [2.24, 2.45) is 5.73 Å². The van der Waals surface area contributed by atoms with E-state index in [0.717, 1.165) is 0 Å². The van der Waals surface area contributed by atoms with Crippen molar-refractivity contribution in [3.8, 4) is 0 Å². The van der Waals surface area contributed by atoms with Crippen LogP contribution >= 0.6 is 11.6 Å². The van der Waals surface area contributed by atoms with Crippen molar-refractivity contribution in [2.75, 3.05) is 12.4 Å². The van der Waals surface area contributed by atoms with E-state index < -0.39 is 15.9 Å². The molecule has 0 fully saturated rings. The summed E-state index contributed by atoms with van der Waals surface area (Å²) < 4.78 is 23.7. The van der Waals surface area contributed by atoms with Gasteiger partial charge in [-0.25, -0.2) is 8.42 Å². The molecule has 4 nitrogen and oxygen atoms in total. The van der Waals surface area contributed by atoms with Gasteiger partial charge in [0.15, 0.2) is 9.84 Å². The topological polar surface area (TPSA) is 80.4 Å². The Bertz CT molecular complexity index is 447. The van der Waals surface area contributed by atoms with Crippen molar-refractivity contribution < 1.29 is 13.5 Å². The number of aliphatic hydroxyl groups excluding tert-OH is 1. The molecule has 0 aromatic heterocycles. The first-order chi connectivity index (χ1) is 7.45. The minimum atomic E-state index is -3.42. The summed E-state index contributed by atoms with van der Waals surface area (Å²) in [5.41, 5.74) is 5.57. The van der Waals surface area contributed by atoms with Crippen LogP contribution in [-0.4, -0.2) is 31.9 Å². The van der Waals surface area contributed by atoms with E-state index in [-0.39, 0.29) is 23.7 Å².